The van der Waals surface area contributed by atoms with E-state index >= 15 is 0 Å². The highest BCUT2D eigenvalue weighted by molar-refractivity contribution is 6.30. The van der Waals surface area contributed by atoms with Crippen LogP contribution in [0.15, 0.2) is 24.8 Å². The zero-order valence-corrected chi connectivity index (χ0v) is 8.54. The number of hydrogen-bond acceptors (Lipinski definition) is 2. The van der Waals surface area contributed by atoms with Crippen LogP contribution in [0.3, 0.4) is 0 Å². The molecule has 0 aliphatic carbocycles. The Kier molecular flexibility index (Phi) is 3.25. The highest BCUT2D eigenvalue weighted by Crippen LogP contribution is 2.29. The van der Waals surface area contributed by atoms with Crippen LogP contribution in [0.25, 0.3) is 5.57 Å². The van der Waals surface area contributed by atoms with Crippen LogP contribution in [0, 0.1) is 10.1 Å². The first-order valence-corrected chi connectivity index (χ1v) is 4.56. The Bertz CT molecular complexity index is 388. The first-order chi connectivity index (χ1) is 6.56. The fourth-order valence-electron chi connectivity index (χ4n) is 1.14. The molecule has 0 saturated carbocycles. The van der Waals surface area contributed by atoms with Crippen molar-refractivity contribution in [3.8, 4) is 0 Å². The molecule has 0 saturated heterocycles. The minimum absolute atomic E-state index is 0.0567. The molecule has 0 bridgehead atoms. The van der Waals surface area contributed by atoms with Gasteiger partial charge in [-0.3, -0.25) is 10.1 Å². The largest absolute Gasteiger partial charge is 0.276 e. The van der Waals surface area contributed by atoms with Gasteiger partial charge in [-0.05, 0) is 24.1 Å². The van der Waals surface area contributed by atoms with E-state index in [0.717, 1.165) is 5.57 Å². The summed E-state index contributed by atoms with van der Waals surface area (Å²) < 4.78 is 0. The lowest BCUT2D eigenvalue weighted by Gasteiger charge is -2.04. The van der Waals surface area contributed by atoms with E-state index in [4.69, 9.17) is 11.6 Å². The lowest BCUT2D eigenvalue weighted by atomic mass is 10.0. The van der Waals surface area contributed by atoms with Crippen molar-refractivity contribution in [2.75, 3.05) is 0 Å². The molecule has 0 aliphatic heterocycles. The molecule has 1 aromatic rings. The summed E-state index contributed by atoms with van der Waals surface area (Å²) in [5, 5.41) is 11.2. The van der Waals surface area contributed by atoms with Crippen molar-refractivity contribution >= 4 is 22.9 Å². The minimum Gasteiger partial charge on any atom is -0.258 e. The molecule has 0 fully saturated rings. The van der Waals surface area contributed by atoms with E-state index in [9.17, 15) is 10.1 Å². The van der Waals surface area contributed by atoms with Gasteiger partial charge < -0.3 is 0 Å². The fourth-order valence-corrected chi connectivity index (χ4v) is 1.31. The number of hydrogen-bond donors (Lipinski definition) is 0. The SMILES string of the molecule is C=C(CC)c1cc(Cl)ccc1[N+](=O)[O-]. The highest BCUT2D eigenvalue weighted by atomic mass is 35.5. The van der Waals surface area contributed by atoms with Crippen molar-refractivity contribution < 1.29 is 4.92 Å². The van der Waals surface area contributed by atoms with Crippen LogP contribution in [0.5, 0.6) is 0 Å². The van der Waals surface area contributed by atoms with Crippen molar-refractivity contribution in [1.29, 1.82) is 0 Å². The Labute approximate surface area is 87.2 Å². The van der Waals surface area contributed by atoms with Crippen LogP contribution in [-0.4, -0.2) is 4.92 Å². The summed E-state index contributed by atoms with van der Waals surface area (Å²) in [5.74, 6) is 0. The summed E-state index contributed by atoms with van der Waals surface area (Å²) in [7, 11) is 0. The van der Waals surface area contributed by atoms with E-state index < -0.39 is 4.92 Å². The normalized spacial score (nSPS) is 9.86. The standard InChI is InChI=1S/C10H10ClNO2/c1-3-7(2)9-6-8(11)4-5-10(9)12(13)14/h4-6H,2-3H2,1H3. The third-order valence-electron chi connectivity index (χ3n) is 1.96. The molecule has 0 aliphatic rings. The maximum absolute atomic E-state index is 10.7. The maximum atomic E-state index is 10.7. The molecule has 14 heavy (non-hydrogen) atoms. The van der Waals surface area contributed by atoms with E-state index in [1.807, 2.05) is 6.92 Å². The van der Waals surface area contributed by atoms with Gasteiger partial charge in [-0.1, -0.05) is 25.1 Å². The maximum Gasteiger partial charge on any atom is 0.276 e. The minimum atomic E-state index is -0.424. The number of allylic oxidation sites excluding steroid dienone is 1. The summed E-state index contributed by atoms with van der Waals surface area (Å²) in [6.45, 7) is 5.66. The van der Waals surface area contributed by atoms with Gasteiger partial charge in [0.1, 0.15) is 0 Å². The molecule has 1 aromatic carbocycles. The van der Waals surface area contributed by atoms with E-state index in [1.165, 1.54) is 12.1 Å². The van der Waals surface area contributed by atoms with E-state index in [2.05, 4.69) is 6.58 Å². The zero-order valence-electron chi connectivity index (χ0n) is 7.79. The van der Waals surface area contributed by atoms with E-state index in [-0.39, 0.29) is 5.69 Å². The predicted octanol–water partition coefficient (Wildman–Crippen LogP) is 3.67. The Morgan fingerprint density at radius 1 is 1.64 bits per heavy atom. The molecule has 0 N–H and O–H groups in total. The van der Waals surface area contributed by atoms with Crippen molar-refractivity contribution in [3.05, 3.63) is 45.5 Å². The van der Waals surface area contributed by atoms with Gasteiger partial charge in [0.15, 0.2) is 0 Å². The van der Waals surface area contributed by atoms with Gasteiger partial charge in [-0.15, -0.1) is 0 Å². The smallest absolute Gasteiger partial charge is 0.258 e. The first-order valence-electron chi connectivity index (χ1n) is 4.18. The summed E-state index contributed by atoms with van der Waals surface area (Å²) in [5.41, 5.74) is 1.30. The topological polar surface area (TPSA) is 43.1 Å². The molecule has 0 amide bonds. The summed E-state index contributed by atoms with van der Waals surface area (Å²) >= 11 is 5.76. The molecule has 3 nitrogen and oxygen atoms in total. The third kappa shape index (κ3) is 2.12. The molecule has 0 heterocycles. The molecule has 0 atom stereocenters. The van der Waals surface area contributed by atoms with Crippen LogP contribution in [0.4, 0.5) is 5.69 Å². The quantitative estimate of drug-likeness (QED) is 0.566. The van der Waals surface area contributed by atoms with Crippen molar-refractivity contribution in [2.24, 2.45) is 0 Å². The molecule has 4 heteroatoms. The average Bonchev–Trinajstić information content (AvgIpc) is 2.16. The lowest BCUT2D eigenvalue weighted by molar-refractivity contribution is -0.385. The molecular weight excluding hydrogens is 202 g/mol. The van der Waals surface area contributed by atoms with Gasteiger partial charge in [0.25, 0.3) is 5.69 Å². The highest BCUT2D eigenvalue weighted by Gasteiger charge is 2.14. The van der Waals surface area contributed by atoms with Crippen LogP contribution in [0.2, 0.25) is 5.02 Å². The number of halogens is 1. The fraction of sp³-hybridized carbons (Fsp3) is 0.200. The van der Waals surface area contributed by atoms with Crippen LogP contribution in [-0.2, 0) is 0 Å². The van der Waals surface area contributed by atoms with Gasteiger partial charge in [-0.25, -0.2) is 0 Å². The van der Waals surface area contributed by atoms with Gasteiger partial charge in [0, 0.05) is 11.1 Å². The molecule has 0 unspecified atom stereocenters. The molecule has 1 rings (SSSR count). The Morgan fingerprint density at radius 2 is 2.29 bits per heavy atom. The van der Waals surface area contributed by atoms with Gasteiger partial charge >= 0.3 is 0 Å². The van der Waals surface area contributed by atoms with Gasteiger partial charge in [-0.2, -0.15) is 0 Å². The number of nitrogens with zero attached hydrogens (tertiary/aromatic N) is 1. The molecule has 0 spiro atoms. The molecule has 74 valence electrons. The van der Waals surface area contributed by atoms with Crippen molar-refractivity contribution in [1.82, 2.24) is 0 Å². The summed E-state index contributed by atoms with van der Waals surface area (Å²) in [4.78, 5) is 10.3. The Balaban J connectivity index is 3.29. The van der Waals surface area contributed by atoms with E-state index in [1.54, 1.807) is 6.07 Å². The van der Waals surface area contributed by atoms with Gasteiger partial charge in [0.2, 0.25) is 0 Å². The van der Waals surface area contributed by atoms with Gasteiger partial charge in [0.05, 0.1) is 10.5 Å². The predicted molar refractivity (Wildman–Crippen MR) is 57.4 cm³/mol. The number of nitro benzene ring substituents is 1. The van der Waals surface area contributed by atoms with Crippen molar-refractivity contribution in [3.63, 3.8) is 0 Å². The second-order valence-corrected chi connectivity index (χ2v) is 3.31. The van der Waals surface area contributed by atoms with Crippen LogP contribution < -0.4 is 0 Å². The number of benzene rings is 1. The average molecular weight is 212 g/mol. The van der Waals surface area contributed by atoms with E-state index in [0.29, 0.717) is 17.0 Å². The Hall–Kier alpha value is -1.35. The zero-order chi connectivity index (χ0) is 10.7. The second-order valence-electron chi connectivity index (χ2n) is 2.88. The Morgan fingerprint density at radius 3 is 2.79 bits per heavy atom. The number of nitro groups is 1. The van der Waals surface area contributed by atoms with Crippen molar-refractivity contribution in [2.45, 2.75) is 13.3 Å². The number of rotatable bonds is 3. The lowest BCUT2D eigenvalue weighted by Crippen LogP contribution is -1.94. The summed E-state index contributed by atoms with van der Waals surface area (Å²) in [6, 6.07) is 4.48. The first kappa shape index (κ1) is 10.7. The van der Waals surface area contributed by atoms with Crippen LogP contribution in [0.1, 0.15) is 18.9 Å². The molecular formula is C10H10ClNO2. The molecule has 0 radical (unpaired) electrons. The molecule has 0 aromatic heterocycles. The summed E-state index contributed by atoms with van der Waals surface area (Å²) in [6.07, 6.45) is 0.668. The third-order valence-corrected chi connectivity index (χ3v) is 2.20. The van der Waals surface area contributed by atoms with Crippen LogP contribution >= 0.6 is 11.6 Å². The second kappa shape index (κ2) is 4.24. The monoisotopic (exact) mass is 211 g/mol.